The maximum Gasteiger partial charge on any atom is 0.325 e. The predicted octanol–water partition coefficient (Wildman–Crippen LogP) is 8.89. The van der Waals surface area contributed by atoms with E-state index in [2.05, 4.69) is 6.92 Å². The Morgan fingerprint density at radius 1 is 0.829 bits per heavy atom. The molecule has 0 unspecified atom stereocenters. The van der Waals surface area contributed by atoms with Gasteiger partial charge in [-0.3, -0.25) is 4.57 Å². The molecule has 2 N–H and O–H groups in total. The topological polar surface area (TPSA) is 66.8 Å². The number of ether oxygens (including phenoxy) is 1. The third-order valence-corrected chi connectivity index (χ3v) is 8.33. The molecule has 0 atom stereocenters. The van der Waals surface area contributed by atoms with Crippen LogP contribution in [-0.4, -0.2) is 22.6 Å². The summed E-state index contributed by atoms with van der Waals surface area (Å²) in [5.74, 6) is -0.681. The van der Waals surface area contributed by atoms with Crippen molar-refractivity contribution in [1.29, 1.82) is 0 Å². The fourth-order valence-corrected chi connectivity index (χ4v) is 5.89. The Labute approximate surface area is 211 Å². The van der Waals surface area contributed by atoms with Gasteiger partial charge in [-0.25, -0.2) is 4.39 Å². The van der Waals surface area contributed by atoms with Gasteiger partial charge in [0.15, 0.2) is 11.6 Å². The van der Waals surface area contributed by atoms with Crippen molar-refractivity contribution in [3.05, 3.63) is 29.3 Å². The van der Waals surface area contributed by atoms with Gasteiger partial charge in [0.25, 0.3) is 0 Å². The van der Waals surface area contributed by atoms with Gasteiger partial charge in [-0.05, 0) is 62.0 Å². The van der Waals surface area contributed by atoms with Crippen molar-refractivity contribution in [2.75, 3.05) is 12.8 Å². The van der Waals surface area contributed by atoms with E-state index in [9.17, 15) is 13.3 Å². The Hall–Kier alpha value is -0.970. The van der Waals surface area contributed by atoms with E-state index in [4.69, 9.17) is 14.5 Å². The molecule has 1 aliphatic rings. The molecule has 1 aromatic carbocycles. The normalized spacial score (nSPS) is 18.7. The molecule has 202 valence electrons. The lowest BCUT2D eigenvalue weighted by Gasteiger charge is -2.29. The highest BCUT2D eigenvalue weighted by molar-refractivity contribution is 7.51. The molecule has 4 nitrogen and oxygen atoms in total. The van der Waals surface area contributed by atoms with Crippen LogP contribution in [0.3, 0.4) is 0 Å². The molecule has 0 amide bonds. The van der Waals surface area contributed by atoms with Crippen molar-refractivity contribution in [3.8, 4) is 5.75 Å². The minimum absolute atomic E-state index is 0.0135. The van der Waals surface area contributed by atoms with Gasteiger partial charge < -0.3 is 14.5 Å². The summed E-state index contributed by atoms with van der Waals surface area (Å²) >= 11 is 0. The molecular formula is C28H47F2O4P. The Balaban J connectivity index is 1.58. The fraction of sp³-hybridized carbons (Fsp3) is 0.786. The number of rotatable bonds is 18. The number of halogens is 2. The van der Waals surface area contributed by atoms with Gasteiger partial charge in [-0.1, -0.05) is 83.6 Å². The molecule has 0 aromatic heterocycles. The Kier molecular flexibility index (Phi) is 14.4. The number of hydrogen-bond acceptors (Lipinski definition) is 2. The van der Waals surface area contributed by atoms with Crippen molar-refractivity contribution < 1.29 is 27.9 Å². The lowest BCUT2D eigenvalue weighted by atomic mass is 9.77. The molecule has 0 heterocycles. The van der Waals surface area contributed by atoms with E-state index in [0.29, 0.717) is 18.6 Å². The second-order valence-corrected chi connectivity index (χ2v) is 12.2. The van der Waals surface area contributed by atoms with E-state index >= 15 is 0 Å². The Bertz CT molecular complexity index is 760. The third kappa shape index (κ3) is 12.2. The summed E-state index contributed by atoms with van der Waals surface area (Å²) in [5.41, 5.74) is 0.517. The number of benzene rings is 1. The van der Waals surface area contributed by atoms with Crippen LogP contribution in [0.15, 0.2) is 12.1 Å². The van der Waals surface area contributed by atoms with Crippen molar-refractivity contribution in [3.63, 3.8) is 0 Å². The fourth-order valence-electron chi connectivity index (χ4n) is 5.26. The third-order valence-electron chi connectivity index (χ3n) is 7.43. The maximum atomic E-state index is 14.8. The van der Waals surface area contributed by atoms with Crippen LogP contribution in [0, 0.1) is 17.6 Å². The number of hydrogen-bond donors (Lipinski definition) is 2. The molecule has 1 aliphatic carbocycles. The summed E-state index contributed by atoms with van der Waals surface area (Å²) in [4.78, 5) is 17.7. The van der Waals surface area contributed by atoms with Gasteiger partial charge in [0.1, 0.15) is 0 Å². The van der Waals surface area contributed by atoms with Crippen molar-refractivity contribution in [2.24, 2.45) is 5.92 Å². The first-order valence-corrected chi connectivity index (χ1v) is 15.8. The van der Waals surface area contributed by atoms with Crippen LogP contribution in [0.25, 0.3) is 0 Å². The van der Waals surface area contributed by atoms with Crippen LogP contribution >= 0.6 is 7.60 Å². The Morgan fingerprint density at radius 2 is 1.43 bits per heavy atom. The highest BCUT2D eigenvalue weighted by atomic mass is 31.2. The minimum atomic E-state index is -3.84. The second-order valence-electron chi connectivity index (χ2n) is 10.4. The Morgan fingerprint density at radius 3 is 2.03 bits per heavy atom. The van der Waals surface area contributed by atoms with E-state index < -0.39 is 19.2 Å². The maximum absolute atomic E-state index is 14.8. The summed E-state index contributed by atoms with van der Waals surface area (Å²) in [6.45, 7) is 2.61. The zero-order valence-electron chi connectivity index (χ0n) is 21.7. The summed E-state index contributed by atoms with van der Waals surface area (Å²) in [7, 11) is -3.84. The average Bonchev–Trinajstić information content (AvgIpc) is 2.82. The second kappa shape index (κ2) is 16.7. The van der Waals surface area contributed by atoms with Crippen molar-refractivity contribution in [1.82, 2.24) is 0 Å². The van der Waals surface area contributed by atoms with E-state index in [1.165, 1.54) is 25.7 Å². The smallest absolute Gasteiger partial charge is 0.325 e. The van der Waals surface area contributed by atoms with Gasteiger partial charge >= 0.3 is 7.60 Å². The van der Waals surface area contributed by atoms with E-state index in [1.54, 1.807) is 12.1 Å². The van der Waals surface area contributed by atoms with Crippen LogP contribution in [0.2, 0.25) is 0 Å². The van der Waals surface area contributed by atoms with Crippen molar-refractivity contribution in [2.45, 2.75) is 122 Å². The SMILES string of the molecule is CCCCC[C@H]1CC[C@H](c2ccc(OCCCCCCCCCCCP(=O)(O)O)c(F)c2F)CC1. The zero-order valence-corrected chi connectivity index (χ0v) is 22.6. The van der Waals surface area contributed by atoms with E-state index in [0.717, 1.165) is 83.0 Å². The van der Waals surface area contributed by atoms with Gasteiger partial charge in [0, 0.05) is 6.16 Å². The first-order chi connectivity index (χ1) is 16.8. The number of unbranched alkanes of at least 4 members (excludes halogenated alkanes) is 10. The van der Waals surface area contributed by atoms with Gasteiger partial charge in [-0.2, -0.15) is 4.39 Å². The quantitative estimate of drug-likeness (QED) is 0.151. The van der Waals surface area contributed by atoms with Gasteiger partial charge in [-0.15, -0.1) is 0 Å². The molecule has 1 fully saturated rings. The molecule has 35 heavy (non-hydrogen) atoms. The van der Waals surface area contributed by atoms with Crippen LogP contribution in [-0.2, 0) is 4.57 Å². The van der Waals surface area contributed by atoms with Crippen LogP contribution < -0.4 is 4.74 Å². The molecule has 1 aromatic rings. The zero-order chi connectivity index (χ0) is 25.5. The minimum Gasteiger partial charge on any atom is -0.490 e. The lowest BCUT2D eigenvalue weighted by Crippen LogP contribution is -2.15. The molecular weight excluding hydrogens is 469 g/mol. The lowest BCUT2D eigenvalue weighted by molar-refractivity contribution is 0.279. The summed E-state index contributed by atoms with van der Waals surface area (Å²) in [6, 6.07) is 3.34. The standard InChI is InChI=1S/C28H47F2O4P/c1-2-3-11-14-23-15-17-24(18-16-23)25-19-20-26(28(30)27(25)29)34-21-12-9-7-5-4-6-8-10-13-22-35(31,32)33/h19-20,23-24H,2-18,21-22H2,1H3,(H2,31,32,33)/t23-,24-. The molecule has 0 bridgehead atoms. The molecule has 1 saturated carbocycles. The largest absolute Gasteiger partial charge is 0.490 e. The van der Waals surface area contributed by atoms with Crippen LogP contribution in [0.1, 0.15) is 128 Å². The monoisotopic (exact) mass is 516 g/mol. The highest BCUT2D eigenvalue weighted by Crippen LogP contribution is 2.40. The first-order valence-electron chi connectivity index (χ1n) is 14.0. The summed E-state index contributed by atoms with van der Waals surface area (Å²) in [5, 5.41) is 0. The molecule has 0 aliphatic heterocycles. The predicted molar refractivity (Wildman–Crippen MR) is 139 cm³/mol. The molecule has 0 saturated heterocycles. The summed E-state index contributed by atoms with van der Waals surface area (Å²) in [6.07, 6.45) is 17.8. The van der Waals surface area contributed by atoms with Gasteiger partial charge in [0.2, 0.25) is 5.82 Å². The molecule has 0 radical (unpaired) electrons. The van der Waals surface area contributed by atoms with Crippen LogP contribution in [0.5, 0.6) is 5.75 Å². The highest BCUT2D eigenvalue weighted by Gasteiger charge is 2.26. The molecule has 2 rings (SSSR count). The summed E-state index contributed by atoms with van der Waals surface area (Å²) < 4.78 is 45.7. The first kappa shape index (κ1) is 30.3. The molecule has 7 heteroatoms. The van der Waals surface area contributed by atoms with Gasteiger partial charge in [0.05, 0.1) is 6.61 Å². The molecule has 0 spiro atoms. The van der Waals surface area contributed by atoms with Crippen LogP contribution in [0.4, 0.5) is 8.78 Å². The van der Waals surface area contributed by atoms with E-state index in [1.807, 2.05) is 0 Å². The van der Waals surface area contributed by atoms with Crippen molar-refractivity contribution >= 4 is 7.60 Å². The van der Waals surface area contributed by atoms with E-state index in [-0.39, 0.29) is 17.8 Å². The average molecular weight is 517 g/mol.